The molecule has 1 heterocycles. The number of nitrogen functional groups attached to an aromatic ring is 1. The zero-order valence-corrected chi connectivity index (χ0v) is 7.24. The van der Waals surface area contributed by atoms with Gasteiger partial charge in [0.15, 0.2) is 4.60 Å². The molecule has 5 heteroatoms. The first-order chi connectivity index (χ1) is 3.70. The minimum absolute atomic E-state index is 0. The normalized spacial score (nSPS) is 8.67. The molecule has 0 saturated carbocycles. The van der Waals surface area contributed by atoms with E-state index in [9.17, 15) is 0 Å². The summed E-state index contributed by atoms with van der Waals surface area (Å²) >= 11 is 3.16. The van der Waals surface area contributed by atoms with Gasteiger partial charge in [0.25, 0.3) is 0 Å². The van der Waals surface area contributed by atoms with E-state index in [0.29, 0.717) is 10.3 Å². The number of hydrogen-bond acceptors (Lipinski definition) is 2. The second-order valence-electron chi connectivity index (χ2n) is 1.55. The maximum Gasteiger partial charge on any atom is 0.151 e. The Balaban J connectivity index is 0.000000640. The standard InChI is InChI=1S/C4H6BrN3.ClH/c1-8-2-3(6)4(5)7-8;/h2H,6H2,1H3;1H. The van der Waals surface area contributed by atoms with Gasteiger partial charge in [0.2, 0.25) is 0 Å². The topological polar surface area (TPSA) is 43.8 Å². The summed E-state index contributed by atoms with van der Waals surface area (Å²) in [5, 5.41) is 3.92. The van der Waals surface area contributed by atoms with Gasteiger partial charge in [-0.3, -0.25) is 4.68 Å². The van der Waals surface area contributed by atoms with Gasteiger partial charge in [-0.25, -0.2) is 0 Å². The summed E-state index contributed by atoms with van der Waals surface area (Å²) in [7, 11) is 1.82. The summed E-state index contributed by atoms with van der Waals surface area (Å²) in [5.41, 5.74) is 6.08. The molecule has 0 saturated heterocycles. The molecule has 0 spiro atoms. The predicted molar refractivity (Wildman–Crippen MR) is 42.6 cm³/mol. The van der Waals surface area contributed by atoms with Crippen LogP contribution in [0.15, 0.2) is 10.8 Å². The van der Waals surface area contributed by atoms with Crippen molar-refractivity contribution < 1.29 is 0 Å². The summed E-state index contributed by atoms with van der Waals surface area (Å²) < 4.78 is 2.36. The van der Waals surface area contributed by atoms with E-state index in [2.05, 4.69) is 21.0 Å². The second kappa shape index (κ2) is 3.08. The van der Waals surface area contributed by atoms with E-state index in [1.165, 1.54) is 0 Å². The van der Waals surface area contributed by atoms with E-state index in [4.69, 9.17) is 5.73 Å². The van der Waals surface area contributed by atoms with Gasteiger partial charge in [-0.05, 0) is 15.9 Å². The molecule has 0 bridgehead atoms. The Bertz CT molecular complexity index is 178. The fourth-order valence-corrected chi connectivity index (χ4v) is 0.832. The lowest BCUT2D eigenvalue weighted by Crippen LogP contribution is -1.85. The third-order valence-corrected chi connectivity index (χ3v) is 1.43. The van der Waals surface area contributed by atoms with Crippen molar-refractivity contribution in [2.45, 2.75) is 0 Å². The van der Waals surface area contributed by atoms with Crippen LogP contribution in [0.1, 0.15) is 0 Å². The summed E-state index contributed by atoms with van der Waals surface area (Å²) in [6.45, 7) is 0. The van der Waals surface area contributed by atoms with Crippen molar-refractivity contribution in [1.29, 1.82) is 0 Å². The molecule has 3 nitrogen and oxygen atoms in total. The van der Waals surface area contributed by atoms with Crippen LogP contribution in [0.25, 0.3) is 0 Å². The Morgan fingerprint density at radius 1 is 1.78 bits per heavy atom. The van der Waals surface area contributed by atoms with Gasteiger partial charge in [0, 0.05) is 13.2 Å². The van der Waals surface area contributed by atoms with Gasteiger partial charge in [-0.1, -0.05) is 0 Å². The molecular formula is C4H7BrClN3. The van der Waals surface area contributed by atoms with E-state index >= 15 is 0 Å². The zero-order valence-electron chi connectivity index (χ0n) is 4.84. The fourth-order valence-electron chi connectivity index (χ4n) is 0.480. The first kappa shape index (κ1) is 8.78. The summed E-state index contributed by atoms with van der Waals surface area (Å²) in [6, 6.07) is 0. The maximum absolute atomic E-state index is 5.41. The van der Waals surface area contributed by atoms with Crippen molar-refractivity contribution in [3.63, 3.8) is 0 Å². The number of nitrogens with two attached hydrogens (primary N) is 1. The highest BCUT2D eigenvalue weighted by Crippen LogP contribution is 2.14. The number of halogens is 2. The predicted octanol–water partition coefficient (Wildman–Crippen LogP) is 1.19. The molecule has 0 aromatic carbocycles. The minimum Gasteiger partial charge on any atom is -0.395 e. The van der Waals surface area contributed by atoms with E-state index in [-0.39, 0.29) is 12.4 Å². The molecule has 1 aromatic heterocycles. The number of nitrogens with zero attached hydrogens (tertiary/aromatic N) is 2. The van der Waals surface area contributed by atoms with Crippen LogP contribution in [0.2, 0.25) is 0 Å². The van der Waals surface area contributed by atoms with Crippen LogP contribution in [0.5, 0.6) is 0 Å². The Morgan fingerprint density at radius 3 is 2.44 bits per heavy atom. The molecule has 0 aliphatic carbocycles. The number of anilines is 1. The molecule has 52 valence electrons. The first-order valence-corrected chi connectivity index (χ1v) is 2.94. The van der Waals surface area contributed by atoms with Crippen LogP contribution in [0.3, 0.4) is 0 Å². The molecule has 0 unspecified atom stereocenters. The number of rotatable bonds is 0. The third-order valence-electron chi connectivity index (χ3n) is 0.810. The van der Waals surface area contributed by atoms with Crippen molar-refractivity contribution in [2.24, 2.45) is 7.05 Å². The number of aromatic nitrogens is 2. The highest BCUT2D eigenvalue weighted by molar-refractivity contribution is 9.10. The molecule has 0 amide bonds. The molecule has 1 aromatic rings. The smallest absolute Gasteiger partial charge is 0.151 e. The largest absolute Gasteiger partial charge is 0.395 e. The van der Waals surface area contributed by atoms with Gasteiger partial charge in [0.1, 0.15) is 0 Å². The molecular weight excluding hydrogens is 205 g/mol. The monoisotopic (exact) mass is 211 g/mol. The molecule has 0 atom stereocenters. The highest BCUT2D eigenvalue weighted by Gasteiger charge is 1.95. The minimum atomic E-state index is 0. The van der Waals surface area contributed by atoms with Crippen molar-refractivity contribution in [3.8, 4) is 0 Å². The summed E-state index contributed by atoms with van der Waals surface area (Å²) in [5.74, 6) is 0. The van der Waals surface area contributed by atoms with Crippen molar-refractivity contribution in [2.75, 3.05) is 5.73 Å². The zero-order chi connectivity index (χ0) is 6.15. The van der Waals surface area contributed by atoms with Gasteiger partial charge < -0.3 is 5.73 Å². The lowest BCUT2D eigenvalue weighted by molar-refractivity contribution is 0.761. The lowest BCUT2D eigenvalue weighted by atomic mass is 10.6. The third kappa shape index (κ3) is 1.87. The number of aryl methyl sites for hydroxylation is 1. The lowest BCUT2D eigenvalue weighted by Gasteiger charge is -1.78. The Labute approximate surface area is 67.8 Å². The van der Waals surface area contributed by atoms with Crippen molar-refractivity contribution in [3.05, 3.63) is 10.8 Å². The molecule has 9 heavy (non-hydrogen) atoms. The summed E-state index contributed by atoms with van der Waals surface area (Å²) in [4.78, 5) is 0. The van der Waals surface area contributed by atoms with E-state index in [1.54, 1.807) is 10.9 Å². The van der Waals surface area contributed by atoms with Gasteiger partial charge in [-0.2, -0.15) is 5.10 Å². The SMILES string of the molecule is Cl.Cn1cc(N)c(Br)n1. The van der Waals surface area contributed by atoms with Crippen LogP contribution in [0.4, 0.5) is 5.69 Å². The molecule has 0 fully saturated rings. The fraction of sp³-hybridized carbons (Fsp3) is 0.250. The summed E-state index contributed by atoms with van der Waals surface area (Å²) in [6.07, 6.45) is 1.74. The second-order valence-corrected chi connectivity index (χ2v) is 2.30. The Hall–Kier alpha value is -0.220. The first-order valence-electron chi connectivity index (χ1n) is 2.15. The van der Waals surface area contributed by atoms with Crippen LogP contribution in [-0.2, 0) is 7.05 Å². The van der Waals surface area contributed by atoms with Crippen LogP contribution >= 0.6 is 28.3 Å². The Kier molecular flexibility index (Phi) is 3.00. The molecule has 0 aliphatic rings. The average molecular weight is 212 g/mol. The van der Waals surface area contributed by atoms with E-state index in [0.717, 1.165) is 0 Å². The average Bonchev–Trinajstić information content (AvgIpc) is 1.85. The molecule has 0 radical (unpaired) electrons. The van der Waals surface area contributed by atoms with Crippen molar-refractivity contribution >= 4 is 34.0 Å². The van der Waals surface area contributed by atoms with Gasteiger partial charge in [0.05, 0.1) is 5.69 Å². The highest BCUT2D eigenvalue weighted by atomic mass is 79.9. The van der Waals surface area contributed by atoms with Crippen LogP contribution in [0, 0.1) is 0 Å². The molecule has 2 N–H and O–H groups in total. The van der Waals surface area contributed by atoms with E-state index < -0.39 is 0 Å². The van der Waals surface area contributed by atoms with Gasteiger partial charge >= 0.3 is 0 Å². The Morgan fingerprint density at radius 2 is 2.33 bits per heavy atom. The maximum atomic E-state index is 5.41. The van der Waals surface area contributed by atoms with Crippen LogP contribution in [-0.4, -0.2) is 9.78 Å². The van der Waals surface area contributed by atoms with E-state index in [1.807, 2.05) is 7.05 Å². The molecule has 0 aliphatic heterocycles. The van der Waals surface area contributed by atoms with Crippen LogP contribution < -0.4 is 5.73 Å². The molecule has 1 rings (SSSR count). The number of hydrogen-bond donors (Lipinski definition) is 1. The quantitative estimate of drug-likeness (QED) is 0.702. The van der Waals surface area contributed by atoms with Gasteiger partial charge in [-0.15, -0.1) is 12.4 Å². The van der Waals surface area contributed by atoms with Crippen molar-refractivity contribution in [1.82, 2.24) is 9.78 Å².